The van der Waals surface area contributed by atoms with E-state index >= 15 is 0 Å². The van der Waals surface area contributed by atoms with Gasteiger partial charge < -0.3 is 4.90 Å². The lowest BCUT2D eigenvalue weighted by atomic mass is 9.91. The molecule has 0 radical (unpaired) electrons. The van der Waals surface area contributed by atoms with Crippen LogP contribution in [0.1, 0.15) is 55.9 Å². The first-order valence-corrected chi connectivity index (χ1v) is 8.55. The molecule has 1 aliphatic carbocycles. The Morgan fingerprint density at radius 1 is 1.25 bits per heavy atom. The molecule has 0 spiro atoms. The molecular formula is C17H21N7. The van der Waals surface area contributed by atoms with Crippen LogP contribution in [0, 0.1) is 23.2 Å². The second kappa shape index (κ2) is 5.86. The second-order valence-corrected chi connectivity index (χ2v) is 7.09. The lowest BCUT2D eigenvalue weighted by Crippen LogP contribution is -2.22. The van der Waals surface area contributed by atoms with E-state index in [-0.39, 0.29) is 0 Å². The predicted molar refractivity (Wildman–Crippen MR) is 88.4 cm³/mol. The van der Waals surface area contributed by atoms with Crippen LogP contribution in [-0.2, 0) is 0 Å². The summed E-state index contributed by atoms with van der Waals surface area (Å²) in [6.45, 7) is 5.91. The zero-order valence-corrected chi connectivity index (χ0v) is 14.0. The van der Waals surface area contributed by atoms with Crippen LogP contribution in [0.2, 0.25) is 0 Å². The molecule has 7 nitrogen and oxygen atoms in total. The minimum Gasteiger partial charge on any atom is -0.353 e. The number of nitriles is 1. The highest BCUT2D eigenvalue weighted by atomic mass is 15.3. The third-order valence-corrected chi connectivity index (χ3v) is 5.06. The summed E-state index contributed by atoms with van der Waals surface area (Å²) in [7, 11) is 0. The van der Waals surface area contributed by atoms with Crippen molar-refractivity contribution >= 4 is 5.82 Å². The molecule has 1 aliphatic heterocycles. The molecule has 1 saturated carbocycles. The van der Waals surface area contributed by atoms with Crippen LogP contribution >= 0.6 is 0 Å². The molecule has 2 aromatic heterocycles. The summed E-state index contributed by atoms with van der Waals surface area (Å²) >= 11 is 0. The van der Waals surface area contributed by atoms with Crippen molar-refractivity contribution in [1.82, 2.24) is 25.1 Å². The van der Waals surface area contributed by atoms with Crippen molar-refractivity contribution in [2.45, 2.75) is 38.5 Å². The van der Waals surface area contributed by atoms with Crippen molar-refractivity contribution in [1.29, 1.82) is 5.26 Å². The number of H-pyrrole nitrogens is 1. The van der Waals surface area contributed by atoms with Gasteiger partial charge in [-0.05, 0) is 24.7 Å². The van der Waals surface area contributed by atoms with Crippen LogP contribution in [-0.4, -0.2) is 38.2 Å². The van der Waals surface area contributed by atoms with E-state index in [1.807, 2.05) is 0 Å². The lowest BCUT2D eigenvalue weighted by Gasteiger charge is -2.17. The number of hydrogen-bond acceptors (Lipinski definition) is 6. The van der Waals surface area contributed by atoms with E-state index in [1.54, 1.807) is 12.4 Å². The molecule has 24 heavy (non-hydrogen) atoms. The summed E-state index contributed by atoms with van der Waals surface area (Å²) in [4.78, 5) is 15.5. The molecule has 2 aliphatic rings. The normalized spacial score (nSPS) is 23.7. The zero-order chi connectivity index (χ0) is 16.7. The highest BCUT2D eigenvalue weighted by Crippen LogP contribution is 2.47. The topological polar surface area (TPSA) is 94.4 Å². The summed E-state index contributed by atoms with van der Waals surface area (Å²) in [5.41, 5.74) is 0.396. The Kier molecular flexibility index (Phi) is 3.68. The smallest absolute Gasteiger partial charge is 0.183 e. The number of rotatable bonds is 4. The van der Waals surface area contributed by atoms with Gasteiger partial charge in [-0.2, -0.15) is 10.4 Å². The van der Waals surface area contributed by atoms with Gasteiger partial charge in [-0.15, -0.1) is 0 Å². The van der Waals surface area contributed by atoms with Gasteiger partial charge >= 0.3 is 0 Å². The van der Waals surface area contributed by atoms with Gasteiger partial charge in [0.05, 0.1) is 0 Å². The standard InChI is InChI=1S/C17H21N7/c1-10(2)15-21-16(23-22-15)13-9-24(8-12(13)11-3-4-11)17-14(7-18)19-5-6-20-17/h5-6,10-13H,3-4,8-9H2,1-2H3,(H,21,22,23)/t12-,13+/m1/s1. The van der Waals surface area contributed by atoms with Crippen molar-refractivity contribution in [3.05, 3.63) is 29.7 Å². The van der Waals surface area contributed by atoms with E-state index in [4.69, 9.17) is 4.98 Å². The highest BCUT2D eigenvalue weighted by molar-refractivity contribution is 5.51. The summed E-state index contributed by atoms with van der Waals surface area (Å²) in [5, 5.41) is 16.8. The third kappa shape index (κ3) is 2.62. The minimum atomic E-state index is 0.311. The molecule has 1 saturated heterocycles. The number of anilines is 1. The second-order valence-electron chi connectivity index (χ2n) is 7.09. The van der Waals surface area contributed by atoms with Gasteiger partial charge in [0.2, 0.25) is 0 Å². The zero-order valence-electron chi connectivity index (χ0n) is 14.0. The lowest BCUT2D eigenvalue weighted by molar-refractivity contribution is 0.444. The number of hydrogen-bond donors (Lipinski definition) is 1. The molecule has 2 aromatic rings. The number of aromatic amines is 1. The van der Waals surface area contributed by atoms with Gasteiger partial charge in [-0.25, -0.2) is 15.0 Å². The summed E-state index contributed by atoms with van der Waals surface area (Å²) in [6.07, 6.45) is 5.79. The molecule has 0 aromatic carbocycles. The predicted octanol–water partition coefficient (Wildman–Crippen LogP) is 2.22. The quantitative estimate of drug-likeness (QED) is 0.927. The first-order chi connectivity index (χ1) is 11.7. The van der Waals surface area contributed by atoms with Gasteiger partial charge in [0.1, 0.15) is 11.9 Å². The third-order valence-electron chi connectivity index (χ3n) is 5.06. The Balaban J connectivity index is 1.63. The molecule has 2 fully saturated rings. The minimum absolute atomic E-state index is 0.311. The van der Waals surface area contributed by atoms with E-state index in [1.165, 1.54) is 12.8 Å². The molecule has 0 bridgehead atoms. The maximum Gasteiger partial charge on any atom is 0.183 e. The van der Waals surface area contributed by atoms with Gasteiger partial charge in [0, 0.05) is 37.3 Å². The van der Waals surface area contributed by atoms with Crippen LogP contribution in [0.25, 0.3) is 0 Å². The molecule has 124 valence electrons. The Morgan fingerprint density at radius 2 is 2.04 bits per heavy atom. The molecule has 4 rings (SSSR count). The van der Waals surface area contributed by atoms with Crippen molar-refractivity contribution in [2.24, 2.45) is 11.8 Å². The van der Waals surface area contributed by atoms with E-state index in [2.05, 4.69) is 45.0 Å². The molecule has 0 unspecified atom stereocenters. The molecule has 2 atom stereocenters. The average molecular weight is 323 g/mol. The van der Waals surface area contributed by atoms with Crippen LogP contribution in [0.3, 0.4) is 0 Å². The molecule has 3 heterocycles. The SMILES string of the molecule is CC(C)c1n[nH]c([C@H]2CN(c3nccnc3C#N)C[C@@H]2C2CC2)n1. The fraction of sp³-hybridized carbons (Fsp3) is 0.588. The summed E-state index contributed by atoms with van der Waals surface area (Å²) in [6, 6.07) is 2.15. The molecule has 0 amide bonds. The summed E-state index contributed by atoms with van der Waals surface area (Å²) in [5.74, 6) is 4.44. The van der Waals surface area contributed by atoms with Crippen LogP contribution in [0.5, 0.6) is 0 Å². The first kappa shape index (κ1) is 15.1. The van der Waals surface area contributed by atoms with Crippen molar-refractivity contribution < 1.29 is 0 Å². The Hall–Kier alpha value is -2.49. The monoisotopic (exact) mass is 323 g/mol. The van der Waals surface area contributed by atoms with Crippen LogP contribution in [0.4, 0.5) is 5.82 Å². The fourth-order valence-corrected chi connectivity index (χ4v) is 3.65. The van der Waals surface area contributed by atoms with E-state index in [0.29, 0.717) is 29.3 Å². The highest BCUT2D eigenvalue weighted by Gasteiger charge is 2.45. The Morgan fingerprint density at radius 3 is 2.71 bits per heavy atom. The van der Waals surface area contributed by atoms with Gasteiger partial charge in [0.25, 0.3) is 0 Å². The molecular weight excluding hydrogens is 302 g/mol. The first-order valence-electron chi connectivity index (χ1n) is 8.55. The van der Waals surface area contributed by atoms with Crippen molar-refractivity contribution in [3.63, 3.8) is 0 Å². The van der Waals surface area contributed by atoms with Crippen molar-refractivity contribution in [3.8, 4) is 6.07 Å². The molecule has 7 heteroatoms. The number of nitrogens with one attached hydrogen (secondary N) is 1. The number of aromatic nitrogens is 5. The fourth-order valence-electron chi connectivity index (χ4n) is 3.65. The Labute approximate surface area is 141 Å². The number of nitrogens with zero attached hydrogens (tertiary/aromatic N) is 6. The largest absolute Gasteiger partial charge is 0.353 e. The van der Waals surface area contributed by atoms with Crippen LogP contribution < -0.4 is 4.90 Å². The molecule has 1 N–H and O–H groups in total. The Bertz CT molecular complexity index is 771. The van der Waals surface area contributed by atoms with Gasteiger partial charge in [0.15, 0.2) is 17.3 Å². The van der Waals surface area contributed by atoms with Gasteiger partial charge in [-0.1, -0.05) is 13.8 Å². The van der Waals surface area contributed by atoms with Gasteiger partial charge in [-0.3, -0.25) is 5.10 Å². The van der Waals surface area contributed by atoms with E-state index < -0.39 is 0 Å². The van der Waals surface area contributed by atoms with E-state index in [0.717, 1.165) is 30.7 Å². The summed E-state index contributed by atoms with van der Waals surface area (Å²) < 4.78 is 0. The maximum absolute atomic E-state index is 9.31. The average Bonchev–Trinajstić information content (AvgIpc) is 3.15. The maximum atomic E-state index is 9.31. The van der Waals surface area contributed by atoms with Crippen LogP contribution in [0.15, 0.2) is 12.4 Å². The van der Waals surface area contributed by atoms with Crippen molar-refractivity contribution in [2.75, 3.05) is 18.0 Å². The van der Waals surface area contributed by atoms with E-state index in [9.17, 15) is 5.26 Å².